The lowest BCUT2D eigenvalue weighted by Gasteiger charge is -2.15. The van der Waals surface area contributed by atoms with Crippen molar-refractivity contribution in [3.8, 4) is 28.1 Å². The quantitative estimate of drug-likeness (QED) is 0.179. The van der Waals surface area contributed by atoms with E-state index in [1.165, 1.54) is 43.4 Å². The van der Waals surface area contributed by atoms with E-state index < -0.39 is 0 Å². The van der Waals surface area contributed by atoms with Gasteiger partial charge in [-0.3, -0.25) is 0 Å². The lowest BCUT2D eigenvalue weighted by Crippen LogP contribution is -1.94. The first kappa shape index (κ1) is 28.0. The van der Waals surface area contributed by atoms with Crippen molar-refractivity contribution < 1.29 is 0 Å². The standard InChI is InChI=1S/C48H29N3/c1-2-13-33(14-3-1)51-44-21-11-10-20-41(44)48-45(51)29-32-23-22-30-24-27-43(49-46(30)47(32)50-48)40-26-25-39(36-17-7-8-18-37(36)40)42-28-31-12-4-5-15-34(31)35-16-6-9-19-38(35)42/h1-29H. The Hall–Kier alpha value is -6.84. The van der Waals surface area contributed by atoms with Gasteiger partial charge in [0.15, 0.2) is 0 Å². The number of nitrogens with zero attached hydrogens (tertiary/aromatic N) is 3. The number of hydrogen-bond donors (Lipinski definition) is 0. The first-order chi connectivity index (χ1) is 25.3. The van der Waals surface area contributed by atoms with Crippen LogP contribution in [0.2, 0.25) is 0 Å². The van der Waals surface area contributed by atoms with Crippen molar-refractivity contribution in [2.75, 3.05) is 0 Å². The van der Waals surface area contributed by atoms with Crippen LogP contribution in [0.5, 0.6) is 0 Å². The van der Waals surface area contributed by atoms with Gasteiger partial charge in [-0.15, -0.1) is 0 Å². The third kappa shape index (κ3) is 4.19. The summed E-state index contributed by atoms with van der Waals surface area (Å²) in [6.45, 7) is 0. The van der Waals surface area contributed by atoms with Crippen LogP contribution >= 0.6 is 0 Å². The number of para-hydroxylation sites is 2. The first-order valence-electron chi connectivity index (χ1n) is 17.4. The van der Waals surface area contributed by atoms with Crippen molar-refractivity contribution in [3.05, 3.63) is 176 Å². The van der Waals surface area contributed by atoms with E-state index in [0.717, 1.165) is 60.7 Å². The summed E-state index contributed by atoms with van der Waals surface area (Å²) in [4.78, 5) is 10.8. The summed E-state index contributed by atoms with van der Waals surface area (Å²) in [6, 6.07) is 63.1. The van der Waals surface area contributed by atoms with Gasteiger partial charge in [0.2, 0.25) is 0 Å². The van der Waals surface area contributed by atoms with E-state index in [0.29, 0.717) is 0 Å². The maximum Gasteiger partial charge on any atom is 0.0974 e. The van der Waals surface area contributed by atoms with Crippen LogP contribution in [-0.2, 0) is 0 Å². The van der Waals surface area contributed by atoms with Crippen LogP contribution in [0.3, 0.4) is 0 Å². The molecule has 0 amide bonds. The highest BCUT2D eigenvalue weighted by atomic mass is 15.0. The van der Waals surface area contributed by atoms with Gasteiger partial charge in [0.25, 0.3) is 0 Å². The zero-order valence-electron chi connectivity index (χ0n) is 27.6. The molecule has 0 atom stereocenters. The summed E-state index contributed by atoms with van der Waals surface area (Å²) in [7, 11) is 0. The van der Waals surface area contributed by atoms with Crippen LogP contribution in [0.25, 0.3) is 104 Å². The molecule has 0 aliphatic rings. The molecular formula is C48H29N3. The molecule has 0 spiro atoms. The number of rotatable bonds is 3. The topological polar surface area (TPSA) is 30.7 Å². The third-order valence-electron chi connectivity index (χ3n) is 10.5. The molecule has 0 saturated heterocycles. The molecule has 0 saturated carbocycles. The van der Waals surface area contributed by atoms with Crippen molar-refractivity contribution in [2.24, 2.45) is 0 Å². The van der Waals surface area contributed by atoms with Gasteiger partial charge < -0.3 is 4.57 Å². The van der Waals surface area contributed by atoms with E-state index >= 15 is 0 Å². The lowest BCUT2D eigenvalue weighted by molar-refractivity contribution is 1.18. The maximum atomic E-state index is 5.40. The Morgan fingerprint density at radius 1 is 0.314 bits per heavy atom. The van der Waals surface area contributed by atoms with Gasteiger partial charge in [-0.25, -0.2) is 9.97 Å². The fourth-order valence-electron chi connectivity index (χ4n) is 8.21. The molecule has 0 radical (unpaired) electrons. The molecule has 236 valence electrons. The Kier molecular flexibility index (Phi) is 5.96. The minimum Gasteiger partial charge on any atom is -0.308 e. The zero-order valence-corrected chi connectivity index (χ0v) is 27.6. The van der Waals surface area contributed by atoms with Gasteiger partial charge in [-0.1, -0.05) is 140 Å². The highest BCUT2D eigenvalue weighted by Gasteiger charge is 2.18. The van der Waals surface area contributed by atoms with Crippen molar-refractivity contribution in [3.63, 3.8) is 0 Å². The van der Waals surface area contributed by atoms with Crippen LogP contribution < -0.4 is 0 Å². The fourth-order valence-corrected chi connectivity index (χ4v) is 8.21. The van der Waals surface area contributed by atoms with Crippen molar-refractivity contribution in [1.82, 2.24) is 14.5 Å². The fraction of sp³-hybridized carbons (Fsp3) is 0. The Morgan fingerprint density at radius 2 is 0.902 bits per heavy atom. The van der Waals surface area contributed by atoms with E-state index in [-0.39, 0.29) is 0 Å². The highest BCUT2D eigenvalue weighted by Crippen LogP contribution is 2.41. The van der Waals surface area contributed by atoms with Crippen molar-refractivity contribution in [2.45, 2.75) is 0 Å². The molecule has 0 unspecified atom stereocenters. The SMILES string of the molecule is c1ccc(-n2c3ccccc3c3nc4c(ccc5ccc(-c6ccc(-c7cc8ccccc8c8ccccc78)c7ccccc67)nc54)cc32)cc1. The smallest absolute Gasteiger partial charge is 0.0974 e. The molecule has 0 aliphatic carbocycles. The summed E-state index contributed by atoms with van der Waals surface area (Å²) >= 11 is 0. The molecular weight excluding hydrogens is 619 g/mol. The molecule has 0 bridgehead atoms. The number of aromatic nitrogens is 3. The molecule has 51 heavy (non-hydrogen) atoms. The Balaban J connectivity index is 1.14. The summed E-state index contributed by atoms with van der Waals surface area (Å²) in [5, 5.41) is 10.7. The largest absolute Gasteiger partial charge is 0.308 e. The van der Waals surface area contributed by atoms with E-state index in [2.05, 4.69) is 180 Å². The minimum absolute atomic E-state index is 0.914. The van der Waals surface area contributed by atoms with Crippen molar-refractivity contribution in [1.29, 1.82) is 0 Å². The average molecular weight is 648 g/mol. The molecule has 11 rings (SSSR count). The Morgan fingerprint density at radius 3 is 1.73 bits per heavy atom. The molecule has 0 fully saturated rings. The van der Waals surface area contributed by atoms with E-state index in [1.807, 2.05) is 0 Å². The number of hydrogen-bond acceptors (Lipinski definition) is 2. The maximum absolute atomic E-state index is 5.40. The molecule has 3 aromatic heterocycles. The molecule has 3 heteroatoms. The Labute approximate surface area is 293 Å². The predicted molar refractivity (Wildman–Crippen MR) is 215 cm³/mol. The third-order valence-corrected chi connectivity index (χ3v) is 10.5. The molecule has 11 aromatic rings. The van der Waals surface area contributed by atoms with Gasteiger partial charge in [0.1, 0.15) is 0 Å². The van der Waals surface area contributed by atoms with Crippen LogP contribution in [0.1, 0.15) is 0 Å². The minimum atomic E-state index is 0.914. The van der Waals surface area contributed by atoms with Crippen molar-refractivity contribution >= 4 is 76.1 Å². The molecule has 8 aromatic carbocycles. The second kappa shape index (κ2) is 10.8. The molecule has 0 aliphatic heterocycles. The van der Waals surface area contributed by atoms with E-state index in [4.69, 9.17) is 9.97 Å². The Bertz CT molecular complexity index is 3190. The van der Waals surface area contributed by atoms with E-state index in [1.54, 1.807) is 0 Å². The van der Waals surface area contributed by atoms with Gasteiger partial charge in [0.05, 0.1) is 33.3 Å². The number of benzene rings is 8. The van der Waals surface area contributed by atoms with Gasteiger partial charge >= 0.3 is 0 Å². The molecule has 0 N–H and O–H groups in total. The van der Waals surface area contributed by atoms with Gasteiger partial charge in [-0.2, -0.15) is 0 Å². The lowest BCUT2D eigenvalue weighted by atomic mass is 9.89. The monoisotopic (exact) mass is 647 g/mol. The highest BCUT2D eigenvalue weighted by molar-refractivity contribution is 6.18. The molecule has 3 nitrogen and oxygen atoms in total. The second-order valence-electron chi connectivity index (χ2n) is 13.3. The van der Waals surface area contributed by atoms with Crippen LogP contribution in [0.15, 0.2) is 176 Å². The van der Waals surface area contributed by atoms with E-state index in [9.17, 15) is 0 Å². The van der Waals surface area contributed by atoms with Gasteiger partial charge in [0, 0.05) is 27.4 Å². The normalized spacial score (nSPS) is 11.9. The number of pyridine rings is 2. The van der Waals surface area contributed by atoms with Gasteiger partial charge in [-0.05, 0) is 79.8 Å². The molecule has 3 heterocycles. The summed E-state index contributed by atoms with van der Waals surface area (Å²) in [6.07, 6.45) is 0. The zero-order chi connectivity index (χ0) is 33.5. The van der Waals surface area contributed by atoms with Crippen LogP contribution in [0, 0.1) is 0 Å². The average Bonchev–Trinajstić information content (AvgIpc) is 3.52. The second-order valence-corrected chi connectivity index (χ2v) is 13.3. The van der Waals surface area contributed by atoms with Crippen LogP contribution in [-0.4, -0.2) is 14.5 Å². The summed E-state index contributed by atoms with van der Waals surface area (Å²) < 4.78 is 2.32. The predicted octanol–water partition coefficient (Wildman–Crippen LogP) is 12.7. The number of fused-ring (bicyclic) bond motifs is 10. The summed E-state index contributed by atoms with van der Waals surface area (Å²) in [5.74, 6) is 0. The van der Waals surface area contributed by atoms with Crippen LogP contribution in [0.4, 0.5) is 0 Å². The first-order valence-corrected chi connectivity index (χ1v) is 17.4. The summed E-state index contributed by atoms with van der Waals surface area (Å²) in [5.41, 5.74) is 10.7.